The molecular formula is C30H38ClN5O4S. The summed E-state index contributed by atoms with van der Waals surface area (Å²) < 4.78 is 13.6. The summed E-state index contributed by atoms with van der Waals surface area (Å²) >= 11 is 8.89. The first-order chi connectivity index (χ1) is 19.8. The predicted octanol–water partition coefficient (Wildman–Crippen LogP) is 6.24. The molecule has 9 nitrogen and oxygen atoms in total. The first-order valence-corrected chi connectivity index (χ1v) is 15.7. The number of benzene rings is 1. The Balaban J connectivity index is 1.80. The first kappa shape index (κ1) is 30.7. The van der Waals surface area contributed by atoms with Crippen molar-refractivity contribution in [1.29, 1.82) is 0 Å². The highest BCUT2D eigenvalue weighted by Gasteiger charge is 2.29. The van der Waals surface area contributed by atoms with Crippen LogP contribution in [0, 0.1) is 5.92 Å². The van der Waals surface area contributed by atoms with Gasteiger partial charge >= 0.3 is 0 Å². The van der Waals surface area contributed by atoms with Crippen LogP contribution in [0.15, 0.2) is 43.1 Å². The van der Waals surface area contributed by atoms with Crippen LogP contribution in [0.4, 0.5) is 5.95 Å². The van der Waals surface area contributed by atoms with Gasteiger partial charge in [0.05, 0.1) is 24.2 Å². The van der Waals surface area contributed by atoms with Crippen molar-refractivity contribution in [2.24, 2.45) is 5.92 Å². The molecule has 1 aliphatic heterocycles. The largest absolute Gasteiger partial charge is 0.488 e. The fraction of sp³-hybridized carbons (Fsp3) is 0.467. The lowest BCUT2D eigenvalue weighted by Gasteiger charge is -2.27. The van der Waals surface area contributed by atoms with Gasteiger partial charge in [-0.1, -0.05) is 32.0 Å². The number of hydrogen-bond acceptors (Lipinski definition) is 7. The van der Waals surface area contributed by atoms with Crippen molar-refractivity contribution >= 4 is 52.2 Å². The van der Waals surface area contributed by atoms with E-state index in [1.807, 2.05) is 16.7 Å². The standard InChI is InChI=1S/C30H38ClN5O4S/c1-6-23(19(3)18-41-5)40-24-12-11-22-28(27(24)31)36(21-10-8-9-15-35(17-21)26(37)7-2)30(33-22)34-29(38)20-13-14-32-25(16-20)39-4/h7,11-14,16,19,21,23H,2,6,8-10,15,17-18H2,1,3-5H3,(H,33,34,38)/t19?,21-,23-/m1/s1. The second-order valence-electron chi connectivity index (χ2n) is 10.2. The smallest absolute Gasteiger partial charge is 0.258 e. The average Bonchev–Trinajstić information content (AvgIpc) is 3.17. The monoisotopic (exact) mass is 599 g/mol. The molecule has 3 atom stereocenters. The maximum Gasteiger partial charge on any atom is 0.258 e. The van der Waals surface area contributed by atoms with Crippen molar-refractivity contribution in [2.75, 3.05) is 37.5 Å². The zero-order valence-electron chi connectivity index (χ0n) is 24.1. The van der Waals surface area contributed by atoms with E-state index in [0.717, 1.165) is 31.4 Å². The number of likely N-dealkylation sites (tertiary alicyclic amines) is 1. The van der Waals surface area contributed by atoms with Gasteiger partial charge in [-0.05, 0) is 62.0 Å². The number of aromatic nitrogens is 3. The van der Waals surface area contributed by atoms with Gasteiger partial charge in [-0.25, -0.2) is 9.97 Å². The molecule has 1 fully saturated rings. The maximum absolute atomic E-state index is 13.4. The van der Waals surface area contributed by atoms with E-state index in [-0.39, 0.29) is 24.0 Å². The molecule has 0 radical (unpaired) electrons. The molecule has 3 heterocycles. The molecule has 1 N–H and O–H groups in total. The van der Waals surface area contributed by atoms with Crippen molar-refractivity contribution in [1.82, 2.24) is 19.4 Å². The van der Waals surface area contributed by atoms with E-state index in [2.05, 4.69) is 37.0 Å². The van der Waals surface area contributed by atoms with Crippen LogP contribution in [-0.2, 0) is 4.79 Å². The normalized spacial score (nSPS) is 17.0. The Bertz CT molecular complexity index is 1400. The van der Waals surface area contributed by atoms with Crippen LogP contribution >= 0.6 is 23.4 Å². The molecule has 4 rings (SSSR count). The van der Waals surface area contributed by atoms with Crippen molar-refractivity contribution in [3.63, 3.8) is 0 Å². The van der Waals surface area contributed by atoms with E-state index in [1.54, 1.807) is 28.8 Å². The summed E-state index contributed by atoms with van der Waals surface area (Å²) in [6.07, 6.45) is 8.33. The van der Waals surface area contributed by atoms with E-state index in [1.165, 1.54) is 19.4 Å². The lowest BCUT2D eigenvalue weighted by atomic mass is 10.0. The Kier molecular flexibility index (Phi) is 10.6. The molecule has 41 heavy (non-hydrogen) atoms. The first-order valence-electron chi connectivity index (χ1n) is 13.9. The number of methoxy groups -OCH3 is 1. The van der Waals surface area contributed by atoms with Crippen molar-refractivity contribution in [3.8, 4) is 11.6 Å². The van der Waals surface area contributed by atoms with E-state index in [4.69, 9.17) is 26.1 Å². The molecule has 1 aliphatic rings. The Hall–Kier alpha value is -3.24. The number of rotatable bonds is 11. The Morgan fingerprint density at radius 3 is 2.83 bits per heavy atom. The molecule has 11 heteroatoms. The number of fused-ring (bicyclic) bond motifs is 1. The van der Waals surface area contributed by atoms with Gasteiger partial charge in [0, 0.05) is 36.8 Å². The second kappa shape index (κ2) is 14.1. The lowest BCUT2D eigenvalue weighted by molar-refractivity contribution is -0.126. The van der Waals surface area contributed by atoms with E-state index < -0.39 is 0 Å². The number of pyridine rings is 1. The number of carbonyl (C=O) groups excluding carboxylic acids is 2. The number of carbonyl (C=O) groups is 2. The summed E-state index contributed by atoms with van der Waals surface area (Å²) in [6.45, 7) is 9.04. The maximum atomic E-state index is 13.4. The predicted molar refractivity (Wildman–Crippen MR) is 165 cm³/mol. The van der Waals surface area contributed by atoms with Crippen molar-refractivity contribution in [2.45, 2.75) is 51.7 Å². The molecule has 0 aliphatic carbocycles. The van der Waals surface area contributed by atoms with Gasteiger partial charge in [0.15, 0.2) is 0 Å². The van der Waals surface area contributed by atoms with Crippen LogP contribution in [0.3, 0.4) is 0 Å². The highest BCUT2D eigenvalue weighted by atomic mass is 35.5. The SMILES string of the molecule is C=CC(=O)N1CCCC[C@@H](n2c(NC(=O)c3ccnc(OC)c3)nc3ccc(O[C@H](CC)C(C)CSC)c(Cl)c32)C1. The quantitative estimate of drug-likeness (QED) is 0.260. The van der Waals surface area contributed by atoms with Crippen LogP contribution < -0.4 is 14.8 Å². The number of nitrogens with zero attached hydrogens (tertiary/aromatic N) is 4. The molecule has 2 amide bonds. The Morgan fingerprint density at radius 2 is 2.12 bits per heavy atom. The van der Waals surface area contributed by atoms with Gasteiger partial charge in [0.2, 0.25) is 17.7 Å². The van der Waals surface area contributed by atoms with E-state index in [9.17, 15) is 9.59 Å². The van der Waals surface area contributed by atoms with Crippen molar-refractivity contribution in [3.05, 3.63) is 53.7 Å². The number of halogens is 1. The van der Waals surface area contributed by atoms with Gasteiger partial charge in [-0.15, -0.1) is 0 Å². The molecule has 2 aromatic heterocycles. The second-order valence-corrected chi connectivity index (χ2v) is 11.5. The van der Waals surface area contributed by atoms with Gasteiger partial charge in [-0.3, -0.25) is 14.9 Å². The third-order valence-corrected chi connectivity index (χ3v) is 8.65. The summed E-state index contributed by atoms with van der Waals surface area (Å²) in [4.78, 5) is 36.7. The minimum atomic E-state index is -0.362. The molecule has 1 aromatic carbocycles. The van der Waals surface area contributed by atoms with E-state index in [0.29, 0.717) is 58.2 Å². The topological polar surface area (TPSA) is 98.6 Å². The van der Waals surface area contributed by atoms with Gasteiger partial charge in [0.25, 0.3) is 5.91 Å². The van der Waals surface area contributed by atoms with Crippen LogP contribution in [0.2, 0.25) is 5.02 Å². The van der Waals surface area contributed by atoms with Gasteiger partial charge in [-0.2, -0.15) is 11.8 Å². The number of hydrogen-bond donors (Lipinski definition) is 1. The summed E-state index contributed by atoms with van der Waals surface area (Å²) in [6, 6.07) is 6.71. The lowest BCUT2D eigenvalue weighted by Crippen LogP contribution is -2.34. The zero-order valence-corrected chi connectivity index (χ0v) is 25.6. The third kappa shape index (κ3) is 6.98. The fourth-order valence-electron chi connectivity index (χ4n) is 5.29. The van der Waals surface area contributed by atoms with Crippen LogP contribution in [0.1, 0.15) is 55.9 Å². The highest BCUT2D eigenvalue weighted by molar-refractivity contribution is 7.98. The summed E-state index contributed by atoms with van der Waals surface area (Å²) in [5, 5.41) is 3.41. The average molecular weight is 600 g/mol. The number of ether oxygens (including phenoxy) is 2. The van der Waals surface area contributed by atoms with Crippen molar-refractivity contribution < 1.29 is 19.1 Å². The Labute approximate surface area is 250 Å². The molecule has 220 valence electrons. The molecule has 0 saturated carbocycles. The fourth-order valence-corrected chi connectivity index (χ4v) is 6.33. The number of amides is 2. The number of imidazole rings is 1. The number of anilines is 1. The van der Waals surface area contributed by atoms with Gasteiger partial charge < -0.3 is 18.9 Å². The minimum Gasteiger partial charge on any atom is -0.488 e. The molecular weight excluding hydrogens is 562 g/mol. The number of thioether (sulfide) groups is 1. The highest BCUT2D eigenvalue weighted by Crippen LogP contribution is 2.39. The number of nitrogens with one attached hydrogen (secondary N) is 1. The summed E-state index contributed by atoms with van der Waals surface area (Å²) in [5.74, 6) is 2.07. The Morgan fingerprint density at radius 1 is 1.32 bits per heavy atom. The van der Waals surface area contributed by atoms with Crippen LogP contribution in [0.5, 0.6) is 11.6 Å². The van der Waals surface area contributed by atoms with Crippen LogP contribution in [0.25, 0.3) is 11.0 Å². The summed E-state index contributed by atoms with van der Waals surface area (Å²) in [5.41, 5.74) is 1.67. The van der Waals surface area contributed by atoms with Crippen LogP contribution in [-0.4, -0.2) is 69.6 Å². The van der Waals surface area contributed by atoms with E-state index >= 15 is 0 Å². The third-order valence-electron chi connectivity index (χ3n) is 7.43. The molecule has 1 saturated heterocycles. The molecule has 1 unspecified atom stereocenters. The molecule has 0 bridgehead atoms. The molecule has 3 aromatic rings. The minimum absolute atomic E-state index is 0.00630. The summed E-state index contributed by atoms with van der Waals surface area (Å²) in [7, 11) is 1.50. The molecule has 0 spiro atoms. The zero-order chi connectivity index (χ0) is 29.5. The van der Waals surface area contributed by atoms with Gasteiger partial charge in [0.1, 0.15) is 16.9 Å².